The van der Waals surface area contributed by atoms with Gasteiger partial charge in [-0.25, -0.2) is 9.37 Å². The molecule has 2 saturated heterocycles. The van der Waals surface area contributed by atoms with Crippen molar-refractivity contribution in [2.24, 2.45) is 0 Å². The Bertz CT molecular complexity index is 1160. The van der Waals surface area contributed by atoms with Gasteiger partial charge in [-0.15, -0.1) is 0 Å². The molecule has 2 aliphatic heterocycles. The molecule has 1 N–H and O–H groups in total. The number of nitrogens with one attached hydrogen (secondary N) is 1. The Morgan fingerprint density at radius 2 is 1.66 bits per heavy atom. The maximum atomic E-state index is 15.7. The summed E-state index contributed by atoms with van der Waals surface area (Å²) in [7, 11) is 3.21. The van der Waals surface area contributed by atoms with Gasteiger partial charge in [-0.2, -0.15) is 0 Å². The van der Waals surface area contributed by atoms with E-state index in [1.165, 1.54) is 25.9 Å². The summed E-state index contributed by atoms with van der Waals surface area (Å²) < 4.78 is 26.4. The molecule has 0 atom stereocenters. The molecule has 0 bridgehead atoms. The molecule has 5 rings (SSSR count). The van der Waals surface area contributed by atoms with E-state index in [-0.39, 0.29) is 11.7 Å². The molecule has 0 spiro atoms. The number of nitrogens with zero attached hydrogens (tertiary/aromatic N) is 3. The van der Waals surface area contributed by atoms with Crippen LogP contribution >= 0.6 is 0 Å². The molecule has 0 unspecified atom stereocenters. The lowest BCUT2D eigenvalue weighted by Gasteiger charge is -2.42. The molecule has 1 aromatic heterocycles. The van der Waals surface area contributed by atoms with Crippen molar-refractivity contribution in [3.63, 3.8) is 0 Å². The van der Waals surface area contributed by atoms with Crippen LogP contribution in [0.25, 0.3) is 22.4 Å². The Morgan fingerprint density at radius 3 is 2.31 bits per heavy atom. The lowest BCUT2D eigenvalue weighted by Crippen LogP contribution is -2.48. The molecule has 0 aliphatic carbocycles. The van der Waals surface area contributed by atoms with Crippen molar-refractivity contribution in [1.82, 2.24) is 19.8 Å². The third-order valence-corrected chi connectivity index (χ3v) is 7.99. The van der Waals surface area contributed by atoms with Gasteiger partial charge in [0.25, 0.3) is 0 Å². The summed E-state index contributed by atoms with van der Waals surface area (Å²) in [5.41, 5.74) is 2.76. The van der Waals surface area contributed by atoms with Crippen LogP contribution in [-0.4, -0.2) is 72.3 Å². The van der Waals surface area contributed by atoms with E-state index >= 15 is 4.39 Å². The summed E-state index contributed by atoms with van der Waals surface area (Å²) in [5, 5.41) is 0. The minimum Gasteiger partial charge on any atom is -0.493 e. The monoisotopic (exact) mass is 480 g/mol. The summed E-state index contributed by atoms with van der Waals surface area (Å²) in [4.78, 5) is 13.1. The summed E-state index contributed by atoms with van der Waals surface area (Å²) in [6, 6.07) is 10.8. The second-order valence-corrected chi connectivity index (χ2v) is 10.2. The molecular weight excluding hydrogens is 443 g/mol. The Labute approximate surface area is 207 Å². The largest absolute Gasteiger partial charge is 0.493 e. The van der Waals surface area contributed by atoms with E-state index in [2.05, 4.69) is 33.6 Å². The number of fused-ring (bicyclic) bond motifs is 1. The van der Waals surface area contributed by atoms with E-state index in [9.17, 15) is 0 Å². The van der Waals surface area contributed by atoms with Crippen LogP contribution in [0.2, 0.25) is 0 Å². The Kier molecular flexibility index (Phi) is 6.98. The molecule has 0 radical (unpaired) electrons. The number of aromatic amines is 1. The van der Waals surface area contributed by atoms with Gasteiger partial charge in [-0.3, -0.25) is 0 Å². The van der Waals surface area contributed by atoms with Crippen molar-refractivity contribution in [2.45, 2.75) is 57.5 Å². The molecule has 3 heterocycles. The Morgan fingerprint density at radius 1 is 0.943 bits per heavy atom. The van der Waals surface area contributed by atoms with Crippen LogP contribution in [0.1, 0.15) is 51.0 Å². The van der Waals surface area contributed by atoms with Gasteiger partial charge >= 0.3 is 0 Å². The first-order valence-electron chi connectivity index (χ1n) is 12.9. The number of hydrogen-bond donors (Lipinski definition) is 1. The van der Waals surface area contributed by atoms with Crippen molar-refractivity contribution < 1.29 is 13.9 Å². The van der Waals surface area contributed by atoms with Gasteiger partial charge < -0.3 is 24.3 Å². The molecule has 188 valence electrons. The number of H-pyrrole nitrogens is 1. The fraction of sp³-hybridized carbons (Fsp3) is 0.536. The molecule has 35 heavy (non-hydrogen) atoms. The third kappa shape index (κ3) is 4.76. The standard InChI is InChI=1S/C28H37FN4O2/c1-18(2)32-15-11-21(12-16-32)33-13-9-19(10-14-33)22-6-7-23-27(26(22)29)31-28(30-23)20-5-8-24(34-3)25(17-20)35-4/h5-8,17-19,21H,9-16H2,1-4H3,(H,30,31). The van der Waals surface area contributed by atoms with Gasteiger partial charge in [0.2, 0.25) is 0 Å². The molecule has 0 amide bonds. The zero-order chi connectivity index (χ0) is 24.5. The van der Waals surface area contributed by atoms with E-state index in [0.717, 1.165) is 37.1 Å². The number of rotatable bonds is 6. The lowest BCUT2D eigenvalue weighted by atomic mass is 9.87. The molecule has 0 saturated carbocycles. The summed E-state index contributed by atoms with van der Waals surface area (Å²) >= 11 is 0. The number of hydrogen-bond acceptors (Lipinski definition) is 5. The predicted octanol–water partition coefficient (Wildman–Crippen LogP) is 5.44. The zero-order valence-electron chi connectivity index (χ0n) is 21.3. The number of ether oxygens (including phenoxy) is 2. The van der Waals surface area contributed by atoms with Crippen LogP contribution in [-0.2, 0) is 0 Å². The maximum Gasteiger partial charge on any atom is 0.161 e. The highest BCUT2D eigenvalue weighted by atomic mass is 19.1. The third-order valence-electron chi connectivity index (χ3n) is 7.99. The number of methoxy groups -OCH3 is 2. The number of aromatic nitrogens is 2. The van der Waals surface area contributed by atoms with Gasteiger partial charge in [0.05, 0.1) is 19.7 Å². The fourth-order valence-electron chi connectivity index (χ4n) is 5.84. The highest BCUT2D eigenvalue weighted by Crippen LogP contribution is 2.36. The number of imidazole rings is 1. The minimum absolute atomic E-state index is 0.186. The average Bonchev–Trinajstić information content (AvgIpc) is 3.34. The average molecular weight is 481 g/mol. The number of benzene rings is 2. The van der Waals surface area contributed by atoms with Crippen LogP contribution in [0.5, 0.6) is 11.5 Å². The molecule has 2 aromatic carbocycles. The normalized spacial score (nSPS) is 19.0. The molecule has 3 aromatic rings. The van der Waals surface area contributed by atoms with Crippen molar-refractivity contribution in [3.05, 3.63) is 41.7 Å². The van der Waals surface area contributed by atoms with Crippen molar-refractivity contribution in [3.8, 4) is 22.9 Å². The maximum absolute atomic E-state index is 15.7. The van der Waals surface area contributed by atoms with E-state index in [1.54, 1.807) is 14.2 Å². The zero-order valence-corrected chi connectivity index (χ0v) is 21.3. The quantitative estimate of drug-likeness (QED) is 0.509. The van der Waals surface area contributed by atoms with Crippen molar-refractivity contribution in [2.75, 3.05) is 40.4 Å². The van der Waals surface area contributed by atoms with Crippen LogP contribution in [0.15, 0.2) is 30.3 Å². The summed E-state index contributed by atoms with van der Waals surface area (Å²) in [5.74, 6) is 1.95. The second-order valence-electron chi connectivity index (χ2n) is 10.2. The van der Waals surface area contributed by atoms with Crippen LogP contribution in [0.3, 0.4) is 0 Å². The Hall–Kier alpha value is -2.64. The van der Waals surface area contributed by atoms with Crippen LogP contribution < -0.4 is 9.47 Å². The fourth-order valence-corrected chi connectivity index (χ4v) is 5.84. The second kappa shape index (κ2) is 10.2. The number of likely N-dealkylation sites (tertiary alicyclic amines) is 2. The first-order chi connectivity index (χ1) is 17.0. The van der Waals surface area contributed by atoms with E-state index in [4.69, 9.17) is 9.47 Å². The topological polar surface area (TPSA) is 53.6 Å². The summed E-state index contributed by atoms with van der Waals surface area (Å²) in [6.07, 6.45) is 4.49. The predicted molar refractivity (Wildman–Crippen MR) is 138 cm³/mol. The molecule has 2 aliphatic rings. The highest BCUT2D eigenvalue weighted by molar-refractivity contribution is 5.81. The van der Waals surface area contributed by atoms with E-state index in [1.807, 2.05) is 30.3 Å². The Balaban J connectivity index is 1.29. The van der Waals surface area contributed by atoms with Crippen molar-refractivity contribution in [1.29, 1.82) is 0 Å². The molecule has 6 nitrogen and oxygen atoms in total. The van der Waals surface area contributed by atoms with Gasteiger partial charge in [0.15, 0.2) is 17.3 Å². The first kappa shape index (κ1) is 24.1. The first-order valence-corrected chi connectivity index (χ1v) is 12.9. The highest BCUT2D eigenvalue weighted by Gasteiger charge is 2.30. The van der Waals surface area contributed by atoms with Crippen molar-refractivity contribution >= 4 is 11.0 Å². The van der Waals surface area contributed by atoms with Crippen LogP contribution in [0.4, 0.5) is 4.39 Å². The van der Waals surface area contributed by atoms with E-state index in [0.29, 0.717) is 40.4 Å². The smallest absolute Gasteiger partial charge is 0.161 e. The summed E-state index contributed by atoms with van der Waals surface area (Å²) in [6.45, 7) is 9.04. The number of halogens is 1. The number of piperidine rings is 2. The molecule has 2 fully saturated rings. The van der Waals surface area contributed by atoms with Gasteiger partial charge in [0, 0.05) is 17.6 Å². The van der Waals surface area contributed by atoms with Gasteiger partial charge in [0.1, 0.15) is 11.3 Å². The van der Waals surface area contributed by atoms with Crippen LogP contribution in [0, 0.1) is 5.82 Å². The molecule has 7 heteroatoms. The molecular formula is C28H37FN4O2. The lowest BCUT2D eigenvalue weighted by molar-refractivity contribution is 0.0751. The minimum atomic E-state index is -0.186. The van der Waals surface area contributed by atoms with E-state index < -0.39 is 0 Å². The SMILES string of the molecule is COc1ccc(-c2nc3c(F)c(C4CCN(C5CCN(C(C)C)CC5)CC4)ccc3[nH]2)cc1OC. The van der Waals surface area contributed by atoms with Gasteiger partial charge in [-0.1, -0.05) is 6.07 Å². The van der Waals surface area contributed by atoms with Gasteiger partial charge in [-0.05, 0) is 101 Å².